The number of hydrogen-bond donors (Lipinski definition) is 0. The lowest BCUT2D eigenvalue weighted by atomic mass is 10.1. The highest BCUT2D eigenvalue weighted by Crippen LogP contribution is 2.33. The van der Waals surface area contributed by atoms with E-state index in [2.05, 4.69) is 68.9 Å². The molecule has 0 saturated carbocycles. The lowest BCUT2D eigenvalue weighted by molar-refractivity contribution is 0.114. The van der Waals surface area contributed by atoms with Gasteiger partial charge in [0, 0.05) is 17.5 Å². The van der Waals surface area contributed by atoms with Gasteiger partial charge < -0.3 is 4.74 Å². The Morgan fingerprint density at radius 2 is 1.77 bits per heavy atom. The maximum Gasteiger partial charge on any atom is 0.195 e. The predicted molar refractivity (Wildman–Crippen MR) is 113 cm³/mol. The van der Waals surface area contributed by atoms with Crippen molar-refractivity contribution in [1.82, 2.24) is 9.38 Å². The Morgan fingerprint density at radius 3 is 2.62 bits per heavy atom. The quantitative estimate of drug-likeness (QED) is 0.243. The van der Waals surface area contributed by atoms with Gasteiger partial charge in [-0.2, -0.15) is 0 Å². The van der Waals surface area contributed by atoms with Crippen LogP contribution < -0.4 is 0 Å². The predicted octanol–water partition coefficient (Wildman–Crippen LogP) is 6.30. The van der Waals surface area contributed by atoms with E-state index in [-0.39, 0.29) is 0 Å². The van der Waals surface area contributed by atoms with E-state index in [9.17, 15) is 0 Å². The molecule has 0 N–H and O–H groups in total. The summed E-state index contributed by atoms with van der Waals surface area (Å²) < 4.78 is 9.56. The Balaban J connectivity index is 1.69. The van der Waals surface area contributed by atoms with Crippen LogP contribution in [0.5, 0.6) is 0 Å². The Morgan fingerprint density at radius 1 is 0.962 bits per heavy atom. The second-order valence-corrected chi connectivity index (χ2v) is 8.07. The van der Waals surface area contributed by atoms with Crippen LogP contribution in [0.15, 0.2) is 54.6 Å². The van der Waals surface area contributed by atoms with Gasteiger partial charge in [-0.15, -0.1) is 0 Å². The summed E-state index contributed by atoms with van der Waals surface area (Å²) in [4.78, 5) is 5.97. The number of nitrogens with zero attached hydrogens (tertiary/aromatic N) is 2. The number of para-hydroxylation sites is 1. The summed E-state index contributed by atoms with van der Waals surface area (Å²) in [5.74, 6) is 0. The van der Waals surface area contributed by atoms with E-state index in [1.807, 2.05) is 6.07 Å². The molecule has 2 aromatic heterocycles. The third-order valence-corrected chi connectivity index (χ3v) is 6.04. The van der Waals surface area contributed by atoms with Gasteiger partial charge in [-0.3, -0.25) is 4.40 Å². The normalized spacial score (nSPS) is 11.6. The van der Waals surface area contributed by atoms with E-state index >= 15 is 0 Å². The molecule has 0 fully saturated rings. The maximum atomic E-state index is 6.04. The zero-order valence-corrected chi connectivity index (χ0v) is 16.9. The highest BCUT2D eigenvalue weighted by Gasteiger charge is 2.18. The number of alkyl halides is 1. The molecule has 2 aromatic carbocycles. The van der Waals surface area contributed by atoms with Crippen molar-refractivity contribution in [3.8, 4) is 11.3 Å². The van der Waals surface area contributed by atoms with Crippen LogP contribution in [0.3, 0.4) is 0 Å². The molecule has 26 heavy (non-hydrogen) atoms. The fourth-order valence-corrected chi connectivity index (χ4v) is 4.62. The molecule has 0 aliphatic carbocycles. The minimum atomic E-state index is 0.584. The number of fused-ring (bicyclic) bond motifs is 3. The minimum absolute atomic E-state index is 0.584. The Hall–Kier alpha value is -1.69. The summed E-state index contributed by atoms with van der Waals surface area (Å²) >= 11 is 5.21. The second-order valence-electron chi connectivity index (χ2n) is 6.26. The van der Waals surface area contributed by atoms with E-state index in [0.717, 1.165) is 40.3 Å². The van der Waals surface area contributed by atoms with Crippen LogP contribution in [0.2, 0.25) is 0 Å². The first-order chi connectivity index (χ1) is 12.9. The van der Waals surface area contributed by atoms with E-state index in [1.54, 1.807) is 11.3 Å². The second kappa shape index (κ2) is 8.33. The van der Waals surface area contributed by atoms with E-state index in [1.165, 1.54) is 23.1 Å². The number of benzene rings is 2. The van der Waals surface area contributed by atoms with Crippen molar-refractivity contribution in [1.29, 1.82) is 0 Å². The molecule has 0 aliphatic rings. The van der Waals surface area contributed by atoms with Crippen LogP contribution in [0.25, 0.3) is 26.4 Å². The highest BCUT2D eigenvalue weighted by molar-refractivity contribution is 9.09. The Kier molecular flexibility index (Phi) is 5.68. The van der Waals surface area contributed by atoms with E-state index in [4.69, 9.17) is 9.72 Å². The van der Waals surface area contributed by atoms with Crippen LogP contribution in [-0.2, 0) is 11.3 Å². The summed E-state index contributed by atoms with van der Waals surface area (Å²) in [5.41, 5.74) is 4.53. The first kappa shape index (κ1) is 17.7. The smallest absolute Gasteiger partial charge is 0.195 e. The van der Waals surface area contributed by atoms with Gasteiger partial charge in [0.05, 0.1) is 28.2 Å². The van der Waals surface area contributed by atoms with Gasteiger partial charge in [0.15, 0.2) is 4.96 Å². The van der Waals surface area contributed by atoms with Crippen molar-refractivity contribution in [3.05, 3.63) is 60.3 Å². The number of hydrogen-bond acceptors (Lipinski definition) is 3. The van der Waals surface area contributed by atoms with Crippen LogP contribution in [0, 0.1) is 0 Å². The molecular formula is C21H21BrN2OS. The number of halogens is 1. The van der Waals surface area contributed by atoms with Crippen molar-refractivity contribution in [2.24, 2.45) is 0 Å². The molecule has 2 heterocycles. The van der Waals surface area contributed by atoms with Gasteiger partial charge in [-0.05, 0) is 25.0 Å². The minimum Gasteiger partial charge on any atom is -0.375 e. The molecule has 5 heteroatoms. The fourth-order valence-electron chi connectivity index (χ4n) is 3.18. The lowest BCUT2D eigenvalue weighted by Crippen LogP contribution is -2.00. The molecule has 4 aromatic rings. The van der Waals surface area contributed by atoms with Crippen LogP contribution >= 0.6 is 27.3 Å². The third kappa shape index (κ3) is 3.56. The number of rotatable bonds is 8. The van der Waals surface area contributed by atoms with Gasteiger partial charge in [-0.25, -0.2) is 4.98 Å². The number of aromatic nitrogens is 2. The van der Waals surface area contributed by atoms with Gasteiger partial charge >= 0.3 is 0 Å². The van der Waals surface area contributed by atoms with Gasteiger partial charge in [0.1, 0.15) is 0 Å². The van der Waals surface area contributed by atoms with Gasteiger partial charge in [0.25, 0.3) is 0 Å². The largest absolute Gasteiger partial charge is 0.375 e. The average molecular weight is 429 g/mol. The fraction of sp³-hybridized carbons (Fsp3) is 0.286. The van der Waals surface area contributed by atoms with Gasteiger partial charge in [-0.1, -0.05) is 76.2 Å². The Bertz CT molecular complexity index is 993. The van der Waals surface area contributed by atoms with Crippen LogP contribution in [0.4, 0.5) is 0 Å². The summed E-state index contributed by atoms with van der Waals surface area (Å²) in [6.07, 6.45) is 3.49. The molecule has 0 bridgehead atoms. The van der Waals surface area contributed by atoms with E-state index < -0.39 is 0 Å². The summed E-state index contributed by atoms with van der Waals surface area (Å²) in [7, 11) is 0. The lowest BCUT2D eigenvalue weighted by Gasteiger charge is -2.07. The number of unbranched alkanes of at least 4 members (excludes halogenated alkanes) is 2. The summed E-state index contributed by atoms with van der Waals surface area (Å²) in [6.45, 7) is 1.37. The SMILES string of the molecule is BrCCCCCOCc1c(-c2ccccc2)nc2sc3ccccc3n12. The van der Waals surface area contributed by atoms with Crippen molar-refractivity contribution < 1.29 is 4.74 Å². The third-order valence-electron chi connectivity index (χ3n) is 4.46. The van der Waals surface area contributed by atoms with Crippen LogP contribution in [0.1, 0.15) is 25.0 Å². The molecule has 0 aliphatic heterocycles. The summed E-state index contributed by atoms with van der Waals surface area (Å²) in [5, 5.41) is 1.06. The highest BCUT2D eigenvalue weighted by atomic mass is 79.9. The standard InChI is InChI=1S/C21H21BrN2OS/c22-13-7-2-8-14-25-15-18-20(16-9-3-1-4-10-16)23-21-24(18)17-11-5-6-12-19(17)26-21/h1,3-6,9-12H,2,7-8,13-15H2. The topological polar surface area (TPSA) is 26.5 Å². The monoisotopic (exact) mass is 428 g/mol. The molecule has 0 spiro atoms. The molecule has 4 rings (SSSR count). The Labute approximate surface area is 165 Å². The average Bonchev–Trinajstić information content (AvgIpc) is 3.21. The van der Waals surface area contributed by atoms with Crippen molar-refractivity contribution >= 4 is 42.4 Å². The molecule has 134 valence electrons. The zero-order valence-electron chi connectivity index (χ0n) is 14.5. The van der Waals surface area contributed by atoms with Crippen molar-refractivity contribution in [2.75, 3.05) is 11.9 Å². The van der Waals surface area contributed by atoms with Gasteiger partial charge in [0.2, 0.25) is 0 Å². The number of imidazole rings is 1. The van der Waals surface area contributed by atoms with Crippen molar-refractivity contribution in [3.63, 3.8) is 0 Å². The number of thiazole rings is 1. The first-order valence-electron chi connectivity index (χ1n) is 8.96. The zero-order chi connectivity index (χ0) is 17.8. The van der Waals surface area contributed by atoms with Crippen molar-refractivity contribution in [2.45, 2.75) is 25.9 Å². The number of ether oxygens (including phenoxy) is 1. The molecule has 0 amide bonds. The maximum absolute atomic E-state index is 6.04. The van der Waals surface area contributed by atoms with Crippen LogP contribution in [-0.4, -0.2) is 21.3 Å². The first-order valence-corrected chi connectivity index (χ1v) is 10.9. The molecule has 3 nitrogen and oxygen atoms in total. The van der Waals surface area contributed by atoms with E-state index in [0.29, 0.717) is 6.61 Å². The molecule has 0 saturated heterocycles. The summed E-state index contributed by atoms with van der Waals surface area (Å²) in [6, 6.07) is 18.9. The molecule has 0 unspecified atom stereocenters. The molecular weight excluding hydrogens is 408 g/mol. The molecule has 0 atom stereocenters. The molecule has 0 radical (unpaired) electrons.